The van der Waals surface area contributed by atoms with Crippen LogP contribution in [0.5, 0.6) is 0 Å². The number of amidine groups is 1. The standard InChI is InChI=1S/C15H25NO.C13H23NO.C12H20FNO.C11H18N2.2CH4/c1-11-5-7-12(8-6-11)15(17)16-13-3-2-4-14(16)10-9-13;1-11-5-7-12(8-6-11)13(15)14-9-3-2-4-10-14;1-9-3-5-10(6-4-9)11(15)14-7-12(2,13)8-14;1-8-3-5-10(6-4-8)11-7-12-9(2)13-11;;/h11-14H,2-10H2,1H3;11-12H,2-10H2,1H3;9-10H,3-8H2,1-2H3;8,10H,3-7H2,1-2H3;2*1H4/t11?,12?,13-,14+;;;;;. The van der Waals surface area contributed by atoms with Crippen molar-refractivity contribution in [2.75, 3.05) is 32.7 Å². The second-order valence-corrected chi connectivity index (χ2v) is 21.8. The van der Waals surface area contributed by atoms with Crippen LogP contribution >= 0.6 is 0 Å². The molecule has 4 saturated heterocycles. The van der Waals surface area contributed by atoms with Gasteiger partial charge in [0.15, 0.2) is 0 Å². The first-order chi connectivity index (χ1) is 28.8. The van der Waals surface area contributed by atoms with E-state index in [2.05, 4.69) is 47.5 Å². The molecule has 8 fully saturated rings. The fourth-order valence-corrected chi connectivity index (χ4v) is 12.0. The number of amides is 3. The molecule has 9 heteroatoms. The Morgan fingerprint density at radius 3 is 1.34 bits per heavy atom. The Morgan fingerprint density at radius 2 is 0.935 bits per heavy atom. The molecule has 356 valence electrons. The molecule has 9 rings (SSSR count). The lowest BCUT2D eigenvalue weighted by molar-refractivity contribution is -0.149. The topological polar surface area (TPSA) is 85.6 Å². The first-order valence-corrected chi connectivity index (χ1v) is 25.4. The van der Waals surface area contributed by atoms with E-state index >= 15 is 0 Å². The van der Waals surface area contributed by atoms with Gasteiger partial charge < -0.3 is 14.7 Å². The van der Waals surface area contributed by atoms with Crippen molar-refractivity contribution in [2.24, 2.45) is 57.3 Å². The molecule has 2 bridgehead atoms. The van der Waals surface area contributed by atoms with E-state index in [-0.39, 0.29) is 26.7 Å². The van der Waals surface area contributed by atoms with E-state index in [1.165, 1.54) is 108 Å². The maximum Gasteiger partial charge on any atom is 0.226 e. The van der Waals surface area contributed by atoms with Gasteiger partial charge in [0.1, 0.15) is 11.5 Å². The van der Waals surface area contributed by atoms with Crippen LogP contribution in [0.3, 0.4) is 0 Å². The minimum absolute atomic E-state index is 0. The minimum Gasteiger partial charge on any atom is -0.342 e. The van der Waals surface area contributed by atoms with Gasteiger partial charge in [-0.25, -0.2) is 9.38 Å². The van der Waals surface area contributed by atoms with Gasteiger partial charge in [0.25, 0.3) is 0 Å². The second-order valence-electron chi connectivity index (χ2n) is 21.8. The van der Waals surface area contributed by atoms with Crippen molar-refractivity contribution in [2.45, 2.75) is 228 Å². The fourth-order valence-electron chi connectivity index (χ4n) is 12.0. The summed E-state index contributed by atoms with van der Waals surface area (Å²) in [7, 11) is 0. The Hall–Kier alpha value is -2.32. The molecule has 5 aliphatic heterocycles. The van der Waals surface area contributed by atoms with Crippen LogP contribution in [0, 0.1) is 47.3 Å². The number of piperidine rings is 2. The van der Waals surface area contributed by atoms with Crippen LogP contribution < -0.4 is 0 Å². The first kappa shape index (κ1) is 52.3. The lowest BCUT2D eigenvalue weighted by atomic mass is 9.80. The van der Waals surface area contributed by atoms with Gasteiger partial charge in [0.2, 0.25) is 17.7 Å². The number of fused-ring (bicyclic) bond motifs is 2. The van der Waals surface area contributed by atoms with Gasteiger partial charge in [-0.15, -0.1) is 0 Å². The van der Waals surface area contributed by atoms with Crippen molar-refractivity contribution < 1.29 is 18.8 Å². The maximum atomic E-state index is 13.3. The first-order valence-electron chi connectivity index (χ1n) is 25.4. The summed E-state index contributed by atoms with van der Waals surface area (Å²) in [6.07, 6.45) is 29.5. The van der Waals surface area contributed by atoms with Crippen LogP contribution in [0.25, 0.3) is 0 Å². The van der Waals surface area contributed by atoms with E-state index in [0.717, 1.165) is 106 Å². The van der Waals surface area contributed by atoms with Crippen LogP contribution in [-0.4, -0.2) is 94.4 Å². The lowest BCUT2D eigenvalue weighted by Crippen LogP contribution is -2.60. The summed E-state index contributed by atoms with van der Waals surface area (Å²) < 4.78 is 13.3. The quantitative estimate of drug-likeness (QED) is 0.282. The van der Waals surface area contributed by atoms with E-state index in [1.807, 2.05) is 6.92 Å². The van der Waals surface area contributed by atoms with Gasteiger partial charge in [-0.2, -0.15) is 0 Å². The predicted octanol–water partition coefficient (Wildman–Crippen LogP) is 12.5. The predicted molar refractivity (Wildman–Crippen MR) is 257 cm³/mol. The summed E-state index contributed by atoms with van der Waals surface area (Å²) >= 11 is 0. The van der Waals surface area contributed by atoms with Crippen molar-refractivity contribution in [1.29, 1.82) is 0 Å². The molecule has 62 heavy (non-hydrogen) atoms. The van der Waals surface area contributed by atoms with Gasteiger partial charge >= 0.3 is 0 Å². The highest BCUT2D eigenvalue weighted by molar-refractivity contribution is 6.04. The van der Waals surface area contributed by atoms with Crippen LogP contribution in [0.15, 0.2) is 9.98 Å². The van der Waals surface area contributed by atoms with Crippen LogP contribution in [0.2, 0.25) is 0 Å². The van der Waals surface area contributed by atoms with E-state index in [4.69, 9.17) is 0 Å². The van der Waals surface area contributed by atoms with Crippen LogP contribution in [0.1, 0.15) is 210 Å². The molecular weight excluding hydrogens is 774 g/mol. The van der Waals surface area contributed by atoms with E-state index in [9.17, 15) is 18.8 Å². The average Bonchev–Trinajstić information content (AvgIpc) is 3.79. The number of halogens is 1. The second kappa shape index (κ2) is 24.8. The van der Waals surface area contributed by atoms with Crippen LogP contribution in [0.4, 0.5) is 4.39 Å². The van der Waals surface area contributed by atoms with E-state index in [0.29, 0.717) is 48.8 Å². The summed E-state index contributed by atoms with van der Waals surface area (Å²) in [5, 5.41) is 0. The largest absolute Gasteiger partial charge is 0.342 e. The Morgan fingerprint density at radius 1 is 0.532 bits per heavy atom. The fraction of sp³-hybridized carbons (Fsp3) is 0.906. The highest BCUT2D eigenvalue weighted by Crippen LogP contribution is 2.39. The number of rotatable bonds is 4. The summed E-state index contributed by atoms with van der Waals surface area (Å²) in [5.74, 6) is 7.18. The molecule has 0 aromatic carbocycles. The number of carbonyl (C=O) groups excluding carboxylic acids is 3. The van der Waals surface area contributed by atoms with Crippen molar-refractivity contribution in [1.82, 2.24) is 14.7 Å². The smallest absolute Gasteiger partial charge is 0.226 e. The average molecular weight is 868 g/mol. The molecule has 5 heterocycles. The number of likely N-dealkylation sites (tertiary alicyclic amines) is 2. The maximum absolute atomic E-state index is 13.3. The molecule has 4 saturated carbocycles. The summed E-state index contributed by atoms with van der Waals surface area (Å²) in [5.41, 5.74) is 0.224. The molecule has 0 spiro atoms. The monoisotopic (exact) mass is 868 g/mol. The molecule has 0 radical (unpaired) electrons. The number of hydrogen-bond acceptors (Lipinski definition) is 5. The molecule has 4 aliphatic carbocycles. The molecule has 9 aliphatic rings. The van der Waals surface area contributed by atoms with Crippen LogP contribution in [-0.2, 0) is 14.4 Å². The van der Waals surface area contributed by atoms with Gasteiger partial charge in [0.05, 0.1) is 19.6 Å². The number of alkyl halides is 1. The summed E-state index contributed by atoms with van der Waals surface area (Å²) in [6.45, 7) is 16.3. The van der Waals surface area contributed by atoms with Gasteiger partial charge in [-0.3, -0.25) is 19.4 Å². The van der Waals surface area contributed by atoms with Crippen molar-refractivity contribution >= 4 is 29.3 Å². The molecule has 2 atom stereocenters. The zero-order chi connectivity index (χ0) is 42.8. The molecule has 0 aromatic heterocycles. The minimum atomic E-state index is -1.13. The molecule has 0 N–H and O–H groups in total. The third-order valence-corrected chi connectivity index (χ3v) is 16.3. The third kappa shape index (κ3) is 14.9. The normalized spacial score (nSPS) is 34.9. The van der Waals surface area contributed by atoms with Gasteiger partial charge in [-0.05, 0) is 185 Å². The molecular formula is C53H94FN5O3. The van der Waals surface area contributed by atoms with Crippen molar-refractivity contribution in [3.63, 3.8) is 0 Å². The molecule has 3 amide bonds. The summed E-state index contributed by atoms with van der Waals surface area (Å²) in [6, 6.07) is 1.22. The zero-order valence-electron chi connectivity index (χ0n) is 39.1. The zero-order valence-corrected chi connectivity index (χ0v) is 39.1. The Kier molecular flexibility index (Phi) is 20.9. The Balaban J connectivity index is 0.000000181. The number of nitrogens with zero attached hydrogens (tertiary/aromatic N) is 5. The highest BCUT2D eigenvalue weighted by Gasteiger charge is 2.44. The van der Waals surface area contributed by atoms with Gasteiger partial charge in [0, 0.05) is 48.6 Å². The summed E-state index contributed by atoms with van der Waals surface area (Å²) in [4.78, 5) is 51.7. The highest BCUT2D eigenvalue weighted by atomic mass is 19.1. The van der Waals surface area contributed by atoms with Gasteiger partial charge in [-0.1, -0.05) is 55.4 Å². The lowest BCUT2D eigenvalue weighted by Gasteiger charge is -2.44. The number of carbonyl (C=O) groups is 3. The number of aliphatic imine (C=N–C) groups is 2. The number of hydrogen-bond donors (Lipinski definition) is 0. The Labute approximate surface area is 379 Å². The van der Waals surface area contributed by atoms with Crippen molar-refractivity contribution in [3.05, 3.63) is 0 Å². The van der Waals surface area contributed by atoms with E-state index in [1.54, 1.807) is 11.8 Å². The van der Waals surface area contributed by atoms with Crippen molar-refractivity contribution in [3.8, 4) is 0 Å². The molecule has 0 aromatic rings. The molecule has 8 nitrogen and oxygen atoms in total. The molecule has 0 unspecified atom stereocenters. The third-order valence-electron chi connectivity index (χ3n) is 16.3. The SMILES string of the molecule is C.C.CC1=NCC(C2CCC(C)CC2)=N1.CC1CCC(C(=O)N2CC(C)(F)C2)CC1.CC1CCC(C(=O)N2CCCCC2)CC1.CC1CCC(C(=O)N2[C@@H]3CCC[C@H]2CC3)CC1. The Bertz CT molecular complexity index is 1420. The van der Waals surface area contributed by atoms with E-state index < -0.39 is 5.67 Å².